The molecule has 0 aliphatic heterocycles. The van der Waals surface area contributed by atoms with E-state index < -0.39 is 0 Å². The van der Waals surface area contributed by atoms with Crippen LogP contribution in [0.4, 0.5) is 4.39 Å². The zero-order chi connectivity index (χ0) is 15.1. The minimum absolute atomic E-state index is 0.241. The molecule has 0 aliphatic carbocycles. The molecule has 1 amide bonds. The zero-order valence-corrected chi connectivity index (χ0v) is 11.2. The molecule has 0 unspecified atom stereocenters. The Bertz CT molecular complexity index is 608. The van der Waals surface area contributed by atoms with E-state index in [1.807, 2.05) is 0 Å². The molecule has 0 heterocycles. The highest BCUT2D eigenvalue weighted by atomic mass is 19.1. The van der Waals surface area contributed by atoms with E-state index in [1.54, 1.807) is 24.3 Å². The molecule has 0 bridgehead atoms. The second kappa shape index (κ2) is 7.19. The Labute approximate surface area is 121 Å². The van der Waals surface area contributed by atoms with Crippen LogP contribution in [0, 0.1) is 5.82 Å². The van der Waals surface area contributed by atoms with Gasteiger partial charge in [0.1, 0.15) is 24.5 Å². The largest absolute Gasteiger partial charge is 0.492 e. The first-order chi connectivity index (χ1) is 10.2. The van der Waals surface area contributed by atoms with Gasteiger partial charge >= 0.3 is 0 Å². The standard InChI is InChI=1S/C16H14FNO3/c17-14-5-7-15(8-6-14)21-10-9-18-16(20)13-3-1-12(11-19)2-4-13/h1-8,11H,9-10H2,(H,18,20). The minimum Gasteiger partial charge on any atom is -0.492 e. The molecule has 0 saturated carbocycles. The number of carbonyl (C=O) groups excluding carboxylic acids is 2. The lowest BCUT2D eigenvalue weighted by atomic mass is 10.1. The quantitative estimate of drug-likeness (QED) is 0.656. The molecule has 0 spiro atoms. The predicted molar refractivity (Wildman–Crippen MR) is 76.1 cm³/mol. The van der Waals surface area contributed by atoms with Crippen LogP contribution in [0.1, 0.15) is 20.7 Å². The van der Waals surface area contributed by atoms with Gasteiger partial charge in [-0.15, -0.1) is 0 Å². The SMILES string of the molecule is O=Cc1ccc(C(=O)NCCOc2ccc(F)cc2)cc1. The van der Waals surface area contributed by atoms with Crippen LogP contribution in [0.25, 0.3) is 0 Å². The van der Waals surface area contributed by atoms with Crippen LogP contribution in [0.2, 0.25) is 0 Å². The van der Waals surface area contributed by atoms with Crippen molar-refractivity contribution < 1.29 is 18.7 Å². The molecule has 1 N–H and O–H groups in total. The van der Waals surface area contributed by atoms with Gasteiger partial charge in [-0.25, -0.2) is 4.39 Å². The highest BCUT2D eigenvalue weighted by Gasteiger charge is 2.04. The molecule has 2 aromatic rings. The van der Waals surface area contributed by atoms with E-state index in [1.165, 1.54) is 24.3 Å². The van der Waals surface area contributed by atoms with Crippen molar-refractivity contribution in [2.24, 2.45) is 0 Å². The molecule has 21 heavy (non-hydrogen) atoms. The van der Waals surface area contributed by atoms with Gasteiger partial charge in [-0.2, -0.15) is 0 Å². The van der Waals surface area contributed by atoms with E-state index in [0.29, 0.717) is 23.4 Å². The number of carbonyl (C=O) groups is 2. The average molecular weight is 287 g/mol. The summed E-state index contributed by atoms with van der Waals surface area (Å²) in [6, 6.07) is 12.0. The van der Waals surface area contributed by atoms with E-state index >= 15 is 0 Å². The Balaban J connectivity index is 1.76. The maximum absolute atomic E-state index is 12.7. The maximum atomic E-state index is 12.7. The zero-order valence-electron chi connectivity index (χ0n) is 11.2. The van der Waals surface area contributed by atoms with Crippen LogP contribution in [0.5, 0.6) is 5.75 Å². The van der Waals surface area contributed by atoms with Crippen molar-refractivity contribution in [1.82, 2.24) is 5.32 Å². The smallest absolute Gasteiger partial charge is 0.251 e. The Morgan fingerprint density at radius 2 is 1.76 bits per heavy atom. The fourth-order valence-corrected chi connectivity index (χ4v) is 1.68. The van der Waals surface area contributed by atoms with Crippen molar-refractivity contribution >= 4 is 12.2 Å². The predicted octanol–water partition coefficient (Wildman–Crippen LogP) is 2.45. The summed E-state index contributed by atoms with van der Waals surface area (Å²) in [6.45, 7) is 0.607. The summed E-state index contributed by atoms with van der Waals surface area (Å²) in [5.74, 6) is -0.0226. The van der Waals surface area contributed by atoms with Gasteiger partial charge in [0.2, 0.25) is 0 Å². The number of hydrogen-bond donors (Lipinski definition) is 1. The molecule has 5 heteroatoms. The Hall–Kier alpha value is -2.69. The summed E-state index contributed by atoms with van der Waals surface area (Å²) in [6.07, 6.45) is 0.720. The van der Waals surface area contributed by atoms with Crippen molar-refractivity contribution in [3.8, 4) is 5.75 Å². The molecule has 0 aliphatic rings. The van der Waals surface area contributed by atoms with Crippen LogP contribution >= 0.6 is 0 Å². The number of amides is 1. The number of benzene rings is 2. The molecule has 4 nitrogen and oxygen atoms in total. The van der Waals surface area contributed by atoms with E-state index in [0.717, 1.165) is 6.29 Å². The number of rotatable bonds is 6. The van der Waals surface area contributed by atoms with Gasteiger partial charge in [0.05, 0.1) is 6.54 Å². The van der Waals surface area contributed by atoms with E-state index in [4.69, 9.17) is 4.74 Å². The van der Waals surface area contributed by atoms with Gasteiger partial charge in [-0.3, -0.25) is 9.59 Å². The van der Waals surface area contributed by atoms with Crippen molar-refractivity contribution in [3.63, 3.8) is 0 Å². The summed E-state index contributed by atoms with van der Waals surface area (Å²) in [7, 11) is 0. The van der Waals surface area contributed by atoms with Crippen molar-refractivity contribution in [2.75, 3.05) is 13.2 Å². The van der Waals surface area contributed by atoms with Gasteiger partial charge < -0.3 is 10.1 Å². The van der Waals surface area contributed by atoms with E-state index in [-0.39, 0.29) is 18.3 Å². The van der Waals surface area contributed by atoms with E-state index in [9.17, 15) is 14.0 Å². The van der Waals surface area contributed by atoms with Gasteiger partial charge in [-0.1, -0.05) is 12.1 Å². The highest BCUT2D eigenvalue weighted by Crippen LogP contribution is 2.10. The topological polar surface area (TPSA) is 55.4 Å². The summed E-state index contributed by atoms with van der Waals surface area (Å²) in [5, 5.41) is 2.69. The summed E-state index contributed by atoms with van der Waals surface area (Å²) >= 11 is 0. The summed E-state index contributed by atoms with van der Waals surface area (Å²) in [4.78, 5) is 22.3. The van der Waals surface area contributed by atoms with Crippen LogP contribution in [0.15, 0.2) is 48.5 Å². The molecule has 0 saturated heterocycles. The maximum Gasteiger partial charge on any atom is 0.251 e. The van der Waals surface area contributed by atoms with Gasteiger partial charge in [0.25, 0.3) is 5.91 Å². The first-order valence-electron chi connectivity index (χ1n) is 6.41. The first-order valence-corrected chi connectivity index (χ1v) is 6.41. The Morgan fingerprint density at radius 1 is 1.10 bits per heavy atom. The third-order valence-electron chi connectivity index (χ3n) is 2.78. The molecule has 0 aromatic heterocycles. The van der Waals surface area contributed by atoms with E-state index in [2.05, 4.69) is 5.32 Å². The summed E-state index contributed by atoms with van der Waals surface area (Å²) in [5.41, 5.74) is 0.994. The fourth-order valence-electron chi connectivity index (χ4n) is 1.68. The lowest BCUT2D eigenvalue weighted by Crippen LogP contribution is -2.28. The number of hydrogen-bond acceptors (Lipinski definition) is 3. The lowest BCUT2D eigenvalue weighted by Gasteiger charge is -2.08. The second-order valence-corrected chi connectivity index (χ2v) is 4.30. The average Bonchev–Trinajstić information content (AvgIpc) is 2.53. The molecule has 0 fully saturated rings. The Morgan fingerprint density at radius 3 is 2.38 bits per heavy atom. The van der Waals surface area contributed by atoms with Crippen LogP contribution in [0.3, 0.4) is 0 Å². The molecular weight excluding hydrogens is 273 g/mol. The first kappa shape index (κ1) is 14.7. The summed E-state index contributed by atoms with van der Waals surface area (Å²) < 4.78 is 18.0. The molecule has 108 valence electrons. The number of ether oxygens (including phenoxy) is 1. The highest BCUT2D eigenvalue weighted by molar-refractivity contribution is 5.94. The van der Waals surface area contributed by atoms with Crippen molar-refractivity contribution in [1.29, 1.82) is 0 Å². The normalized spacial score (nSPS) is 9.95. The van der Waals surface area contributed by atoms with Gasteiger partial charge in [0.15, 0.2) is 0 Å². The van der Waals surface area contributed by atoms with Crippen molar-refractivity contribution in [3.05, 3.63) is 65.5 Å². The molecule has 0 atom stereocenters. The fraction of sp³-hybridized carbons (Fsp3) is 0.125. The number of nitrogens with one attached hydrogen (secondary N) is 1. The number of halogens is 1. The van der Waals surface area contributed by atoms with Gasteiger partial charge in [0, 0.05) is 11.1 Å². The Kier molecular flexibility index (Phi) is 5.04. The monoisotopic (exact) mass is 287 g/mol. The molecule has 2 aromatic carbocycles. The lowest BCUT2D eigenvalue weighted by molar-refractivity contribution is 0.0946. The molecule has 2 rings (SSSR count). The van der Waals surface area contributed by atoms with Crippen LogP contribution in [-0.4, -0.2) is 25.3 Å². The van der Waals surface area contributed by atoms with Crippen LogP contribution < -0.4 is 10.1 Å². The minimum atomic E-state index is -0.325. The molecule has 0 radical (unpaired) electrons. The second-order valence-electron chi connectivity index (χ2n) is 4.30. The number of aldehydes is 1. The molecular formula is C16H14FNO3. The van der Waals surface area contributed by atoms with Crippen molar-refractivity contribution in [2.45, 2.75) is 0 Å². The van der Waals surface area contributed by atoms with Crippen LogP contribution in [-0.2, 0) is 0 Å². The third kappa shape index (κ3) is 4.42. The van der Waals surface area contributed by atoms with Gasteiger partial charge in [-0.05, 0) is 36.4 Å². The third-order valence-corrected chi connectivity index (χ3v) is 2.78.